The van der Waals surface area contributed by atoms with Crippen LogP contribution in [0.2, 0.25) is 0 Å². The standard InChI is InChI=1S/C23H36N.C10H12O.2ClH.Ru/c1-17(2)19-11-10-12-20(18(3)4)21(19)24-16-23(15-22(24,5)6)13-8-7-9-14-23;1-8(2)11-10-7-5-4-6-9(10)3;;;/h10-12,16-18H,7-9,13-15H2,1-6H3;3-8H,1-2H3;2*1H;/q-1;;;;+2/p-1. The molecule has 1 aliphatic carbocycles. The van der Waals surface area contributed by atoms with Gasteiger partial charge in [-0.05, 0) is 36.8 Å². The molecule has 0 amide bonds. The van der Waals surface area contributed by atoms with Crippen molar-refractivity contribution < 1.29 is 18.3 Å². The van der Waals surface area contributed by atoms with E-state index in [0.717, 1.165) is 11.3 Å². The molecule has 2 aromatic carbocycles. The molecule has 38 heavy (non-hydrogen) atoms. The molecule has 1 N–H and O–H groups in total. The van der Waals surface area contributed by atoms with Crippen LogP contribution < -0.4 is 4.90 Å². The third kappa shape index (κ3) is 8.08. The molecular formula is C33H49Cl2NORu. The molecule has 0 aromatic heterocycles. The maximum absolute atomic E-state index is 5.83. The van der Waals surface area contributed by atoms with E-state index in [1.54, 1.807) is 0 Å². The summed E-state index contributed by atoms with van der Waals surface area (Å²) in [6.07, 6.45) is 8.60. The molecule has 1 saturated carbocycles. The number of anilines is 1. The molecule has 1 spiro atoms. The molecule has 5 heteroatoms. The molecule has 0 bridgehead atoms. The molecular weight excluding hydrogens is 598 g/mol. The van der Waals surface area contributed by atoms with Crippen LogP contribution in [0.3, 0.4) is 0 Å². The number of rotatable bonds is 6. The third-order valence-corrected chi connectivity index (χ3v) is 9.63. The van der Waals surface area contributed by atoms with Crippen LogP contribution in [-0.2, 0) is 13.5 Å². The van der Waals surface area contributed by atoms with Gasteiger partial charge in [0.2, 0.25) is 0 Å². The summed E-state index contributed by atoms with van der Waals surface area (Å²) >= 11 is -1.75. The largest absolute Gasteiger partial charge is 0.517 e. The molecule has 214 valence electrons. The molecule has 0 atom stereocenters. The predicted octanol–water partition coefficient (Wildman–Crippen LogP) is 10.4. The van der Waals surface area contributed by atoms with Gasteiger partial charge in [-0.2, -0.15) is 0 Å². The maximum atomic E-state index is 5.83. The van der Waals surface area contributed by atoms with E-state index in [0.29, 0.717) is 17.3 Å². The Morgan fingerprint density at radius 3 is 1.97 bits per heavy atom. The fourth-order valence-corrected chi connectivity index (χ4v) is 8.03. The number of hydrogen-bond donors (Lipinski definition) is 0. The first-order valence-electron chi connectivity index (χ1n) is 14.3. The number of benzene rings is 2. The van der Waals surface area contributed by atoms with Gasteiger partial charge >= 0.3 is 97.8 Å². The number of halogens is 2. The predicted molar refractivity (Wildman–Crippen MR) is 166 cm³/mol. The Hall–Kier alpha value is -0.887. The van der Waals surface area contributed by atoms with Gasteiger partial charge in [-0.1, -0.05) is 84.4 Å². The van der Waals surface area contributed by atoms with E-state index in [-0.39, 0.29) is 11.6 Å². The Morgan fingerprint density at radius 2 is 1.45 bits per heavy atom. The molecule has 2 aliphatic rings. The fraction of sp³-hybridized carbons (Fsp3) is 0.576. The van der Waals surface area contributed by atoms with E-state index < -0.39 is 13.5 Å². The van der Waals surface area contributed by atoms with Crippen molar-refractivity contribution in [1.82, 2.24) is 0 Å². The van der Waals surface area contributed by atoms with Gasteiger partial charge in [0, 0.05) is 11.2 Å². The van der Waals surface area contributed by atoms with E-state index in [1.807, 2.05) is 42.7 Å². The van der Waals surface area contributed by atoms with Gasteiger partial charge in [0.25, 0.3) is 0 Å². The summed E-state index contributed by atoms with van der Waals surface area (Å²) in [6, 6.07) is 14.9. The van der Waals surface area contributed by atoms with Crippen LogP contribution >= 0.6 is 19.4 Å². The van der Waals surface area contributed by atoms with Crippen molar-refractivity contribution in [2.75, 3.05) is 4.90 Å². The zero-order valence-corrected chi connectivity index (χ0v) is 27.9. The minimum absolute atomic E-state index is 0.214. The van der Waals surface area contributed by atoms with Crippen LogP contribution in [0.5, 0.6) is 5.75 Å². The van der Waals surface area contributed by atoms with Crippen LogP contribution in [-0.4, -0.2) is 21.0 Å². The molecule has 2 fully saturated rings. The van der Waals surface area contributed by atoms with Gasteiger partial charge in [0.05, 0.1) is 0 Å². The van der Waals surface area contributed by atoms with Crippen molar-refractivity contribution in [2.45, 2.75) is 117 Å². The zero-order chi connectivity index (χ0) is 28.1. The quantitative estimate of drug-likeness (QED) is 0.173. The van der Waals surface area contributed by atoms with Crippen molar-refractivity contribution in [1.29, 1.82) is 0 Å². The number of nitrogens with zero attached hydrogens (tertiary/aromatic N) is 1. The second-order valence-electron chi connectivity index (χ2n) is 12.6. The Balaban J connectivity index is 0.000000244. The molecule has 2 nitrogen and oxygen atoms in total. The van der Waals surface area contributed by atoms with Crippen molar-refractivity contribution in [3.63, 3.8) is 0 Å². The smallest absolute Gasteiger partial charge is 0.0145 e. The first-order chi connectivity index (χ1) is 17.8. The third-order valence-electron chi connectivity index (χ3n) is 7.79. The van der Waals surface area contributed by atoms with E-state index in [2.05, 4.69) is 75.9 Å². The van der Waals surface area contributed by atoms with Gasteiger partial charge in [-0.25, -0.2) is 6.54 Å². The number of aliphatic hydroxyl groups is 1. The number of ether oxygens (including phenoxy) is 1. The van der Waals surface area contributed by atoms with Gasteiger partial charge in [-0.15, -0.1) is 5.41 Å². The monoisotopic (exact) mass is 647 g/mol. The van der Waals surface area contributed by atoms with Gasteiger partial charge in [-0.3, -0.25) is 0 Å². The molecule has 1 heterocycles. The summed E-state index contributed by atoms with van der Waals surface area (Å²) in [6.45, 7) is 21.0. The van der Waals surface area contributed by atoms with Crippen molar-refractivity contribution in [2.24, 2.45) is 5.41 Å². The van der Waals surface area contributed by atoms with Crippen molar-refractivity contribution in [3.8, 4) is 5.75 Å². The van der Waals surface area contributed by atoms with Crippen LogP contribution in [0.25, 0.3) is 0 Å². The summed E-state index contributed by atoms with van der Waals surface area (Å²) in [5.41, 5.74) is 6.24. The second kappa shape index (κ2) is 13.7. The second-order valence-corrected chi connectivity index (χ2v) is 18.3. The number of hydrogen-bond acceptors (Lipinski definition) is 1. The van der Waals surface area contributed by atoms with Crippen molar-refractivity contribution >= 4 is 29.7 Å². The fourth-order valence-electron chi connectivity index (χ4n) is 6.21. The topological polar surface area (TPSA) is 16.0 Å². The summed E-state index contributed by atoms with van der Waals surface area (Å²) in [5, 5.41) is 0. The number of aromatic hydroxyl groups is 1. The zero-order valence-electron chi connectivity index (χ0n) is 24.7. The first-order valence-corrected chi connectivity index (χ1v) is 19.7. The Morgan fingerprint density at radius 1 is 0.868 bits per heavy atom. The van der Waals surface area contributed by atoms with Crippen LogP contribution in [0.1, 0.15) is 122 Å². The molecule has 2 aromatic rings. The average Bonchev–Trinajstić information content (AvgIpc) is 3.09. The molecule has 0 unspecified atom stereocenters. The maximum Gasteiger partial charge on any atom is 0.0145 e. The van der Waals surface area contributed by atoms with E-state index in [4.69, 9.17) is 19.4 Å². The van der Waals surface area contributed by atoms with Gasteiger partial charge in [0.15, 0.2) is 0 Å². The summed E-state index contributed by atoms with van der Waals surface area (Å²) in [5.74, 6) is 2.10. The van der Waals surface area contributed by atoms with Crippen LogP contribution in [0.15, 0.2) is 42.5 Å². The average molecular weight is 648 g/mol. The Labute approximate surface area is 246 Å². The minimum Gasteiger partial charge on any atom is -0.517 e. The number of para-hydroxylation sites is 2. The van der Waals surface area contributed by atoms with Crippen LogP contribution in [0.4, 0.5) is 5.69 Å². The minimum atomic E-state index is -1.75. The summed E-state index contributed by atoms with van der Waals surface area (Å²) < 4.78 is 6.41. The Kier molecular flexibility index (Phi) is 11.4. The van der Waals surface area contributed by atoms with Gasteiger partial charge < -0.3 is 4.90 Å². The summed E-state index contributed by atoms with van der Waals surface area (Å²) in [4.78, 5) is 2.68. The summed E-state index contributed by atoms with van der Waals surface area (Å²) in [7, 11) is 11.7. The van der Waals surface area contributed by atoms with Crippen molar-refractivity contribution in [3.05, 3.63) is 65.7 Å². The van der Waals surface area contributed by atoms with E-state index in [9.17, 15) is 0 Å². The first kappa shape index (κ1) is 31.6. The Bertz CT molecular complexity index is 1060. The van der Waals surface area contributed by atoms with Crippen LogP contribution in [0, 0.1) is 12.0 Å². The molecule has 4 rings (SSSR count). The molecule has 1 saturated heterocycles. The van der Waals surface area contributed by atoms with Gasteiger partial charge in [0.1, 0.15) is 0 Å². The SMILES string of the molecule is CC(C)[OH+]c1ccccc1[CH]=[Ru]([Cl])[Cl].CC(C)c1cccc(C(C)C)c1N1[CH-]C2(CCCCC2)CC1(C)C. The van der Waals surface area contributed by atoms with E-state index in [1.165, 1.54) is 55.3 Å². The molecule has 1 aliphatic heterocycles. The molecule has 0 radical (unpaired) electrons. The van der Waals surface area contributed by atoms with E-state index >= 15 is 0 Å². The normalized spacial score (nSPS) is 18.6.